The quantitative estimate of drug-likeness (QED) is 0.685. The minimum atomic E-state index is 0.116. The molecule has 0 amide bonds. The Morgan fingerprint density at radius 2 is 2.08 bits per heavy atom. The molecule has 2 heteroatoms. The van der Waals surface area contributed by atoms with Crippen molar-refractivity contribution in [3.63, 3.8) is 0 Å². The molecule has 1 N–H and O–H groups in total. The van der Waals surface area contributed by atoms with Crippen LogP contribution in [0, 0.1) is 0 Å². The molecule has 12 heavy (non-hydrogen) atoms. The van der Waals surface area contributed by atoms with Gasteiger partial charge >= 0.3 is 0 Å². The molecule has 0 radical (unpaired) electrons. The van der Waals surface area contributed by atoms with Gasteiger partial charge in [0.25, 0.3) is 0 Å². The van der Waals surface area contributed by atoms with Crippen LogP contribution in [0.15, 0.2) is 0 Å². The minimum absolute atomic E-state index is 0.116. The third kappa shape index (κ3) is 2.20. The van der Waals surface area contributed by atoms with Gasteiger partial charge in [0.15, 0.2) is 0 Å². The molecule has 2 nitrogen and oxygen atoms in total. The van der Waals surface area contributed by atoms with Crippen molar-refractivity contribution in [1.82, 2.24) is 5.32 Å². The van der Waals surface area contributed by atoms with Gasteiger partial charge in [-0.2, -0.15) is 0 Å². The fourth-order valence-corrected chi connectivity index (χ4v) is 1.67. The summed E-state index contributed by atoms with van der Waals surface area (Å²) in [7, 11) is 0. The van der Waals surface area contributed by atoms with E-state index >= 15 is 0 Å². The standard InChI is InChI=1S/C10H21NO/c1-4-10(5-2)8-11-9(3)6-7-12-10/h9,11H,4-8H2,1-3H3. The summed E-state index contributed by atoms with van der Waals surface area (Å²) < 4.78 is 5.90. The van der Waals surface area contributed by atoms with Crippen LogP contribution in [0.1, 0.15) is 40.0 Å². The maximum Gasteiger partial charge on any atom is 0.0801 e. The predicted octanol–water partition coefficient (Wildman–Crippen LogP) is 1.94. The highest BCUT2D eigenvalue weighted by molar-refractivity contribution is 4.84. The molecular formula is C10H21NO. The summed E-state index contributed by atoms with van der Waals surface area (Å²) in [6.07, 6.45) is 3.37. The molecule has 0 aliphatic carbocycles. The molecule has 72 valence electrons. The topological polar surface area (TPSA) is 21.3 Å². The van der Waals surface area contributed by atoms with Crippen LogP contribution in [0.25, 0.3) is 0 Å². The maximum atomic E-state index is 5.90. The van der Waals surface area contributed by atoms with Crippen molar-refractivity contribution in [2.75, 3.05) is 13.2 Å². The fourth-order valence-electron chi connectivity index (χ4n) is 1.67. The molecule has 1 aliphatic rings. The van der Waals surface area contributed by atoms with Crippen molar-refractivity contribution in [1.29, 1.82) is 0 Å². The van der Waals surface area contributed by atoms with Crippen LogP contribution >= 0.6 is 0 Å². The molecule has 1 saturated heterocycles. The second kappa shape index (κ2) is 4.24. The van der Waals surface area contributed by atoms with Gasteiger partial charge in [0.1, 0.15) is 0 Å². The van der Waals surface area contributed by atoms with E-state index in [1.807, 2.05) is 0 Å². The number of ether oxygens (including phenoxy) is 1. The average Bonchev–Trinajstić information content (AvgIpc) is 2.28. The van der Waals surface area contributed by atoms with E-state index < -0.39 is 0 Å². The lowest BCUT2D eigenvalue weighted by Gasteiger charge is -2.30. The number of nitrogens with one attached hydrogen (secondary N) is 1. The predicted molar refractivity (Wildman–Crippen MR) is 51.3 cm³/mol. The third-order valence-electron chi connectivity index (χ3n) is 3.02. The van der Waals surface area contributed by atoms with Crippen molar-refractivity contribution in [3.8, 4) is 0 Å². The van der Waals surface area contributed by atoms with Crippen LogP contribution in [0.3, 0.4) is 0 Å². The summed E-state index contributed by atoms with van der Waals surface area (Å²) in [5, 5.41) is 3.51. The fraction of sp³-hybridized carbons (Fsp3) is 1.00. The molecule has 1 atom stereocenters. The average molecular weight is 171 g/mol. The number of hydrogen-bond donors (Lipinski definition) is 1. The van der Waals surface area contributed by atoms with Crippen molar-refractivity contribution < 1.29 is 4.74 Å². The van der Waals surface area contributed by atoms with Crippen molar-refractivity contribution >= 4 is 0 Å². The number of hydrogen-bond acceptors (Lipinski definition) is 2. The van der Waals surface area contributed by atoms with Gasteiger partial charge in [0.05, 0.1) is 5.60 Å². The van der Waals surface area contributed by atoms with Gasteiger partial charge in [0, 0.05) is 19.2 Å². The summed E-state index contributed by atoms with van der Waals surface area (Å²) in [6, 6.07) is 0.616. The summed E-state index contributed by atoms with van der Waals surface area (Å²) in [5.74, 6) is 0. The Hall–Kier alpha value is -0.0800. The molecule has 1 heterocycles. The van der Waals surface area contributed by atoms with Crippen LogP contribution in [-0.2, 0) is 4.74 Å². The van der Waals surface area contributed by atoms with Gasteiger partial charge in [-0.05, 0) is 26.2 Å². The van der Waals surface area contributed by atoms with Crippen LogP contribution in [0.2, 0.25) is 0 Å². The highest BCUT2D eigenvalue weighted by Crippen LogP contribution is 2.22. The van der Waals surface area contributed by atoms with E-state index in [0.717, 1.165) is 32.4 Å². The lowest BCUT2D eigenvalue weighted by Crippen LogP contribution is -2.41. The molecule has 1 unspecified atom stereocenters. The van der Waals surface area contributed by atoms with Crippen LogP contribution in [0.4, 0.5) is 0 Å². The Labute approximate surface area is 75.7 Å². The molecular weight excluding hydrogens is 150 g/mol. The Morgan fingerprint density at radius 3 is 2.67 bits per heavy atom. The second-order valence-electron chi connectivity index (χ2n) is 3.81. The zero-order valence-corrected chi connectivity index (χ0v) is 8.52. The van der Waals surface area contributed by atoms with E-state index in [2.05, 4.69) is 26.1 Å². The van der Waals surface area contributed by atoms with Gasteiger partial charge in [-0.15, -0.1) is 0 Å². The first kappa shape index (κ1) is 10.0. The normalized spacial score (nSPS) is 29.8. The zero-order valence-electron chi connectivity index (χ0n) is 8.52. The van der Waals surface area contributed by atoms with Gasteiger partial charge in [-0.3, -0.25) is 0 Å². The molecule has 0 bridgehead atoms. The Morgan fingerprint density at radius 1 is 1.42 bits per heavy atom. The molecule has 0 aromatic rings. The first-order valence-electron chi connectivity index (χ1n) is 5.10. The van der Waals surface area contributed by atoms with E-state index in [1.165, 1.54) is 0 Å². The van der Waals surface area contributed by atoms with Crippen molar-refractivity contribution in [2.24, 2.45) is 0 Å². The van der Waals surface area contributed by atoms with Crippen LogP contribution in [0.5, 0.6) is 0 Å². The van der Waals surface area contributed by atoms with Crippen LogP contribution in [-0.4, -0.2) is 24.8 Å². The number of rotatable bonds is 2. The van der Waals surface area contributed by atoms with E-state index in [-0.39, 0.29) is 5.60 Å². The molecule has 0 saturated carbocycles. The Balaban J connectivity index is 2.52. The second-order valence-corrected chi connectivity index (χ2v) is 3.81. The maximum absolute atomic E-state index is 5.90. The Bertz CT molecular complexity index is 132. The summed E-state index contributed by atoms with van der Waals surface area (Å²) >= 11 is 0. The first-order valence-corrected chi connectivity index (χ1v) is 5.10. The molecule has 0 aromatic carbocycles. The van der Waals surface area contributed by atoms with Gasteiger partial charge in [0.2, 0.25) is 0 Å². The van der Waals surface area contributed by atoms with E-state index in [9.17, 15) is 0 Å². The Kier molecular flexibility index (Phi) is 3.53. The van der Waals surface area contributed by atoms with Crippen molar-refractivity contribution in [2.45, 2.75) is 51.7 Å². The lowest BCUT2D eigenvalue weighted by molar-refractivity contribution is -0.0387. The summed E-state index contributed by atoms with van der Waals surface area (Å²) in [4.78, 5) is 0. The molecule has 1 fully saturated rings. The highest BCUT2D eigenvalue weighted by atomic mass is 16.5. The molecule has 1 rings (SSSR count). The van der Waals surface area contributed by atoms with Crippen LogP contribution < -0.4 is 5.32 Å². The SMILES string of the molecule is CCC1(CC)CNC(C)CCO1. The monoisotopic (exact) mass is 171 g/mol. The summed E-state index contributed by atoms with van der Waals surface area (Å²) in [5.41, 5.74) is 0.116. The highest BCUT2D eigenvalue weighted by Gasteiger charge is 2.29. The smallest absolute Gasteiger partial charge is 0.0801 e. The third-order valence-corrected chi connectivity index (χ3v) is 3.02. The minimum Gasteiger partial charge on any atom is -0.374 e. The largest absolute Gasteiger partial charge is 0.374 e. The molecule has 1 aliphatic heterocycles. The van der Waals surface area contributed by atoms with E-state index in [4.69, 9.17) is 4.74 Å². The van der Waals surface area contributed by atoms with Crippen molar-refractivity contribution in [3.05, 3.63) is 0 Å². The zero-order chi connectivity index (χ0) is 9.03. The molecule has 0 spiro atoms. The van der Waals surface area contributed by atoms with E-state index in [0.29, 0.717) is 6.04 Å². The van der Waals surface area contributed by atoms with Gasteiger partial charge < -0.3 is 10.1 Å². The summed E-state index contributed by atoms with van der Waals surface area (Å²) in [6.45, 7) is 8.57. The first-order chi connectivity index (χ1) is 5.72. The lowest BCUT2D eigenvalue weighted by atomic mass is 9.97. The molecule has 0 aromatic heterocycles. The van der Waals surface area contributed by atoms with E-state index in [1.54, 1.807) is 0 Å². The van der Waals surface area contributed by atoms with Gasteiger partial charge in [-0.1, -0.05) is 13.8 Å². The van der Waals surface area contributed by atoms with Gasteiger partial charge in [-0.25, -0.2) is 0 Å².